The van der Waals surface area contributed by atoms with E-state index in [1.165, 1.54) is 0 Å². The van der Waals surface area contributed by atoms with Crippen LogP contribution in [0, 0.1) is 5.92 Å². The van der Waals surface area contributed by atoms with Crippen LogP contribution in [0.1, 0.15) is 43.7 Å². The molecule has 1 aromatic carbocycles. The van der Waals surface area contributed by atoms with Crippen molar-refractivity contribution in [2.75, 3.05) is 57.3 Å². The number of carbonyl (C=O) groups is 3. The van der Waals surface area contributed by atoms with Gasteiger partial charge in [0.25, 0.3) is 0 Å². The van der Waals surface area contributed by atoms with E-state index in [1.54, 1.807) is 51.2 Å². The molecule has 2 atom stereocenters. The first-order chi connectivity index (χ1) is 26.6. The van der Waals surface area contributed by atoms with Crippen molar-refractivity contribution in [2.24, 2.45) is 11.7 Å². The molecule has 17 heteroatoms. The van der Waals surface area contributed by atoms with Crippen LogP contribution in [-0.2, 0) is 16.0 Å². The van der Waals surface area contributed by atoms with E-state index in [9.17, 15) is 24.3 Å². The summed E-state index contributed by atoms with van der Waals surface area (Å²) in [6.07, 6.45) is 8.10. The van der Waals surface area contributed by atoms with E-state index in [-0.39, 0.29) is 48.8 Å². The molecule has 3 aliphatic heterocycles. The van der Waals surface area contributed by atoms with E-state index in [4.69, 9.17) is 5.73 Å². The van der Waals surface area contributed by atoms with Crippen molar-refractivity contribution >= 4 is 66.6 Å². The first kappa shape index (κ1) is 38.9. The molecule has 7 rings (SSSR count). The maximum atomic E-state index is 14.9. The third kappa shape index (κ3) is 8.59. The first-order valence-electron chi connectivity index (χ1n) is 18.8. The van der Waals surface area contributed by atoms with Crippen LogP contribution in [0.3, 0.4) is 0 Å². The summed E-state index contributed by atoms with van der Waals surface area (Å²) in [5, 5.41) is 13.7. The van der Waals surface area contributed by atoms with Gasteiger partial charge in [0.05, 0.1) is 20.5 Å². The van der Waals surface area contributed by atoms with Gasteiger partial charge in [0.1, 0.15) is 11.8 Å². The molecule has 4 aromatic rings. The number of aromatic nitrogens is 4. The van der Waals surface area contributed by atoms with Crippen molar-refractivity contribution in [3.63, 3.8) is 0 Å². The van der Waals surface area contributed by atoms with Crippen LogP contribution in [0.15, 0.2) is 68.7 Å². The number of benzene rings is 1. The van der Waals surface area contributed by atoms with Crippen molar-refractivity contribution in [1.82, 2.24) is 39.5 Å². The van der Waals surface area contributed by atoms with Gasteiger partial charge >= 0.3 is 11.7 Å². The van der Waals surface area contributed by atoms with E-state index in [0.717, 1.165) is 36.5 Å². The van der Waals surface area contributed by atoms with Gasteiger partial charge in [-0.1, -0.05) is 0 Å². The number of halogens is 2. The zero-order valence-electron chi connectivity index (χ0n) is 30.4. The molecular formula is C38H46Br2N10O5. The summed E-state index contributed by atoms with van der Waals surface area (Å²) >= 11 is 6.72. The van der Waals surface area contributed by atoms with Gasteiger partial charge in [-0.25, -0.2) is 14.6 Å². The van der Waals surface area contributed by atoms with Gasteiger partial charge in [0.15, 0.2) is 5.65 Å². The number of nitrogens with one attached hydrogen (secondary N) is 2. The molecule has 0 radical (unpaired) electrons. The number of amides is 4. The third-order valence-corrected chi connectivity index (χ3v) is 12.3. The molecule has 292 valence electrons. The standard InChI is InChI=1S/C38H46Br2N10O5/c39-28-20-25(21-29(40)33(28)51)22-30(41)35(52)50(38(55)48-14-7-27(8-15-48)49-31-2-1-9-44-34(31)45-37(49)54)32(23-24-3-10-42-11-4-24)36(53)47-18-16-46(17-19-47)26-5-12-43-13-6-26/h1-2,5-6,9,12-13,20-21,24,27,30,32,42,51H,3-4,7-8,10-11,14-19,22-23,41H2,(H,44,45,54)/t30-,32-/m0/s1. The van der Waals surface area contributed by atoms with Crippen molar-refractivity contribution in [3.8, 4) is 5.75 Å². The molecule has 0 spiro atoms. The number of imide groups is 1. The normalized spacial score (nSPS) is 18.3. The summed E-state index contributed by atoms with van der Waals surface area (Å²) in [5.74, 6) is -0.754. The third-order valence-electron chi connectivity index (χ3n) is 11.1. The Bertz CT molecular complexity index is 2030. The fourth-order valence-corrected chi connectivity index (χ4v) is 9.41. The minimum Gasteiger partial charge on any atom is -0.506 e. The lowest BCUT2D eigenvalue weighted by atomic mass is 9.89. The summed E-state index contributed by atoms with van der Waals surface area (Å²) in [4.78, 5) is 75.4. The number of nitrogens with two attached hydrogens (primary N) is 1. The van der Waals surface area contributed by atoms with Gasteiger partial charge in [0.2, 0.25) is 11.8 Å². The Morgan fingerprint density at radius 3 is 2.27 bits per heavy atom. The summed E-state index contributed by atoms with van der Waals surface area (Å²) in [6.45, 7) is 4.19. The minimum absolute atomic E-state index is 0.0201. The number of urea groups is 1. The highest BCUT2D eigenvalue weighted by atomic mass is 79.9. The zero-order chi connectivity index (χ0) is 38.6. The lowest BCUT2D eigenvalue weighted by Crippen LogP contribution is -2.63. The van der Waals surface area contributed by atoms with Gasteiger partial charge in [0, 0.05) is 69.6 Å². The number of imidazole rings is 1. The van der Waals surface area contributed by atoms with E-state index in [0.29, 0.717) is 71.1 Å². The Hall–Kier alpha value is -4.32. The number of anilines is 1. The Morgan fingerprint density at radius 2 is 1.60 bits per heavy atom. The molecule has 0 aliphatic carbocycles. The molecule has 0 bridgehead atoms. The second-order valence-corrected chi connectivity index (χ2v) is 16.3. The quantitative estimate of drug-likeness (QED) is 0.194. The summed E-state index contributed by atoms with van der Waals surface area (Å²) in [7, 11) is 0. The lowest BCUT2D eigenvalue weighted by Gasteiger charge is -2.42. The predicted molar refractivity (Wildman–Crippen MR) is 215 cm³/mol. The van der Waals surface area contributed by atoms with Crippen LogP contribution < -0.4 is 21.6 Å². The summed E-state index contributed by atoms with van der Waals surface area (Å²) < 4.78 is 2.57. The Labute approximate surface area is 335 Å². The number of nitrogens with zero attached hydrogens (tertiary/aromatic N) is 7. The highest BCUT2D eigenvalue weighted by Crippen LogP contribution is 2.34. The highest BCUT2D eigenvalue weighted by Gasteiger charge is 2.43. The SMILES string of the molecule is N[C@@H](Cc1cc(Br)c(O)c(Br)c1)C(=O)N(C(=O)N1CCC(n2c(=O)[nH]c3ncccc32)CC1)[C@@H](CC1CCNCC1)C(=O)N1CCN(c2ccncc2)CC1. The number of piperazine rings is 1. The molecule has 3 aliphatic rings. The Balaban J connectivity index is 1.17. The fourth-order valence-electron chi connectivity index (χ4n) is 8.13. The zero-order valence-corrected chi connectivity index (χ0v) is 33.6. The van der Waals surface area contributed by atoms with Gasteiger partial charge in [-0.05, 0) is 131 Å². The van der Waals surface area contributed by atoms with Crippen molar-refractivity contribution in [3.05, 3.63) is 80.0 Å². The van der Waals surface area contributed by atoms with Gasteiger partial charge in [-0.2, -0.15) is 0 Å². The maximum absolute atomic E-state index is 14.9. The van der Waals surface area contributed by atoms with E-state index < -0.39 is 24.0 Å². The number of phenols is 1. The van der Waals surface area contributed by atoms with Crippen molar-refractivity contribution in [2.45, 2.75) is 56.7 Å². The van der Waals surface area contributed by atoms with Crippen LogP contribution in [-0.4, -0.2) is 122 Å². The van der Waals surface area contributed by atoms with E-state index >= 15 is 0 Å². The largest absolute Gasteiger partial charge is 0.506 e. The smallest absolute Gasteiger partial charge is 0.327 e. The molecule has 55 heavy (non-hydrogen) atoms. The Kier molecular flexibility index (Phi) is 12.2. The molecule has 3 saturated heterocycles. The number of piperidine rings is 2. The molecule has 3 aromatic heterocycles. The molecule has 0 unspecified atom stereocenters. The minimum atomic E-state index is -1.16. The summed E-state index contributed by atoms with van der Waals surface area (Å²) in [6, 6.07) is 7.94. The number of phenolic OH excluding ortho intramolecular Hbond substituents is 1. The van der Waals surface area contributed by atoms with Crippen LogP contribution in [0.5, 0.6) is 5.75 Å². The highest BCUT2D eigenvalue weighted by molar-refractivity contribution is 9.11. The number of aromatic hydroxyl groups is 1. The van der Waals surface area contributed by atoms with E-state index in [1.807, 2.05) is 18.2 Å². The number of aromatic amines is 1. The molecule has 6 heterocycles. The molecule has 4 amide bonds. The van der Waals surface area contributed by atoms with Crippen molar-refractivity contribution in [1.29, 1.82) is 0 Å². The predicted octanol–water partition coefficient (Wildman–Crippen LogP) is 3.61. The molecule has 15 nitrogen and oxygen atoms in total. The lowest BCUT2D eigenvalue weighted by molar-refractivity contribution is -0.145. The molecular weight excluding hydrogens is 836 g/mol. The second-order valence-electron chi connectivity index (χ2n) is 14.6. The van der Waals surface area contributed by atoms with Gasteiger partial charge in [-0.3, -0.25) is 29.0 Å². The van der Waals surface area contributed by atoms with Gasteiger partial charge in [-0.15, -0.1) is 0 Å². The molecule has 5 N–H and O–H groups in total. The van der Waals surface area contributed by atoms with E-state index in [2.05, 4.69) is 57.0 Å². The van der Waals surface area contributed by atoms with Crippen LogP contribution >= 0.6 is 31.9 Å². The van der Waals surface area contributed by atoms with Crippen LogP contribution in [0.2, 0.25) is 0 Å². The summed E-state index contributed by atoms with van der Waals surface area (Å²) in [5.41, 5.74) is 9.33. The monoisotopic (exact) mass is 880 g/mol. The van der Waals surface area contributed by atoms with Crippen molar-refractivity contribution < 1.29 is 19.5 Å². The number of likely N-dealkylation sites (tertiary alicyclic amines) is 1. The maximum Gasteiger partial charge on any atom is 0.327 e. The molecule has 3 fully saturated rings. The van der Waals surface area contributed by atoms with Crippen LogP contribution in [0.4, 0.5) is 10.5 Å². The Morgan fingerprint density at radius 1 is 0.927 bits per heavy atom. The average Bonchev–Trinajstić information content (AvgIpc) is 3.55. The number of rotatable bonds is 9. The fraction of sp³-hybridized carbons (Fsp3) is 0.474. The number of carbonyl (C=O) groups excluding carboxylic acids is 3. The number of pyridine rings is 2. The first-order valence-corrected chi connectivity index (χ1v) is 20.4. The number of fused-ring (bicyclic) bond motifs is 1. The second kappa shape index (κ2) is 17.2. The topological polar surface area (TPSA) is 186 Å². The van der Waals surface area contributed by atoms with Crippen LogP contribution in [0.25, 0.3) is 11.2 Å². The number of H-pyrrole nitrogens is 1. The van der Waals surface area contributed by atoms with Gasteiger partial charge < -0.3 is 30.9 Å². The number of hydrogen-bond acceptors (Lipinski definition) is 10. The molecule has 0 saturated carbocycles. The number of hydrogen-bond donors (Lipinski definition) is 4. The average molecular weight is 883 g/mol.